The standard InChI is InChI=1S/C16H22BrFO/c1-2-12-5-3-8-15(9-12)19-16(11-17)13-6-4-7-14(18)10-13/h4,6-7,10,12,15-16H,2-3,5,8-9,11H2,1H3. The Labute approximate surface area is 123 Å². The lowest BCUT2D eigenvalue weighted by Crippen LogP contribution is -2.25. The molecular formula is C16H22BrFO. The molecule has 0 bridgehead atoms. The summed E-state index contributed by atoms with van der Waals surface area (Å²) in [7, 11) is 0. The molecule has 1 fully saturated rings. The second-order valence-corrected chi connectivity index (χ2v) is 6.04. The minimum atomic E-state index is -0.192. The molecule has 19 heavy (non-hydrogen) atoms. The monoisotopic (exact) mass is 328 g/mol. The van der Waals surface area contributed by atoms with E-state index in [0.717, 1.165) is 24.3 Å². The van der Waals surface area contributed by atoms with Gasteiger partial charge in [0.1, 0.15) is 5.82 Å². The topological polar surface area (TPSA) is 9.23 Å². The second kappa shape index (κ2) is 7.39. The third kappa shape index (κ3) is 4.28. The Kier molecular flexibility index (Phi) is 5.83. The molecule has 0 amide bonds. The summed E-state index contributed by atoms with van der Waals surface area (Å²) < 4.78 is 19.5. The molecule has 0 spiro atoms. The maximum absolute atomic E-state index is 13.3. The minimum absolute atomic E-state index is 0.0451. The molecule has 3 heteroatoms. The minimum Gasteiger partial charge on any atom is -0.369 e. The lowest BCUT2D eigenvalue weighted by molar-refractivity contribution is -0.0313. The molecule has 1 nitrogen and oxygen atoms in total. The van der Waals surface area contributed by atoms with E-state index in [9.17, 15) is 4.39 Å². The van der Waals surface area contributed by atoms with Crippen LogP contribution in [0.15, 0.2) is 24.3 Å². The van der Waals surface area contributed by atoms with Crippen LogP contribution in [-0.4, -0.2) is 11.4 Å². The molecule has 0 radical (unpaired) electrons. The van der Waals surface area contributed by atoms with Crippen molar-refractivity contribution in [3.8, 4) is 0 Å². The lowest BCUT2D eigenvalue weighted by Gasteiger charge is -2.31. The van der Waals surface area contributed by atoms with E-state index in [2.05, 4.69) is 22.9 Å². The first kappa shape index (κ1) is 15.0. The van der Waals surface area contributed by atoms with E-state index < -0.39 is 0 Å². The van der Waals surface area contributed by atoms with E-state index in [-0.39, 0.29) is 11.9 Å². The Hall–Kier alpha value is -0.410. The first-order chi connectivity index (χ1) is 9.22. The van der Waals surface area contributed by atoms with Gasteiger partial charge in [-0.25, -0.2) is 4.39 Å². The van der Waals surface area contributed by atoms with E-state index in [1.165, 1.54) is 25.3 Å². The highest BCUT2D eigenvalue weighted by atomic mass is 79.9. The third-order valence-corrected chi connectivity index (χ3v) is 4.62. The molecule has 106 valence electrons. The van der Waals surface area contributed by atoms with Gasteiger partial charge in [-0.2, -0.15) is 0 Å². The van der Waals surface area contributed by atoms with Gasteiger partial charge in [-0.1, -0.05) is 54.2 Å². The maximum atomic E-state index is 13.3. The Morgan fingerprint density at radius 1 is 1.42 bits per heavy atom. The summed E-state index contributed by atoms with van der Waals surface area (Å²) in [4.78, 5) is 0. The van der Waals surface area contributed by atoms with Crippen LogP contribution in [0.5, 0.6) is 0 Å². The number of hydrogen-bond donors (Lipinski definition) is 0. The van der Waals surface area contributed by atoms with Crippen molar-refractivity contribution in [1.29, 1.82) is 0 Å². The van der Waals surface area contributed by atoms with Gasteiger partial charge >= 0.3 is 0 Å². The van der Waals surface area contributed by atoms with Gasteiger partial charge in [0.2, 0.25) is 0 Å². The second-order valence-electron chi connectivity index (χ2n) is 5.40. The maximum Gasteiger partial charge on any atom is 0.123 e. The van der Waals surface area contributed by atoms with Crippen molar-refractivity contribution in [2.75, 3.05) is 5.33 Å². The van der Waals surface area contributed by atoms with Gasteiger partial charge in [-0.3, -0.25) is 0 Å². The average molecular weight is 329 g/mol. The molecule has 0 aliphatic heterocycles. The van der Waals surface area contributed by atoms with Crippen LogP contribution in [0.4, 0.5) is 4.39 Å². The van der Waals surface area contributed by atoms with Crippen LogP contribution in [0, 0.1) is 11.7 Å². The normalized spacial score (nSPS) is 25.2. The van der Waals surface area contributed by atoms with Crippen LogP contribution >= 0.6 is 15.9 Å². The number of ether oxygens (including phenoxy) is 1. The molecule has 3 atom stereocenters. The summed E-state index contributed by atoms with van der Waals surface area (Å²) in [5, 5.41) is 0.712. The van der Waals surface area contributed by atoms with Crippen molar-refractivity contribution >= 4 is 15.9 Å². The number of alkyl halides is 1. The van der Waals surface area contributed by atoms with Crippen LogP contribution in [-0.2, 0) is 4.74 Å². The summed E-state index contributed by atoms with van der Waals surface area (Å²) in [5.41, 5.74) is 0.926. The van der Waals surface area contributed by atoms with Crippen molar-refractivity contribution in [1.82, 2.24) is 0 Å². The van der Waals surface area contributed by atoms with Crippen LogP contribution in [0.3, 0.4) is 0 Å². The highest BCUT2D eigenvalue weighted by Gasteiger charge is 2.24. The summed E-state index contributed by atoms with van der Waals surface area (Å²) in [6.45, 7) is 2.25. The molecular weight excluding hydrogens is 307 g/mol. The van der Waals surface area contributed by atoms with Crippen molar-refractivity contribution in [2.24, 2.45) is 5.92 Å². The fourth-order valence-electron chi connectivity index (χ4n) is 2.88. The van der Waals surface area contributed by atoms with Gasteiger partial charge in [0.15, 0.2) is 0 Å². The van der Waals surface area contributed by atoms with Gasteiger partial charge in [-0.15, -0.1) is 0 Å². The molecule has 1 saturated carbocycles. The predicted molar refractivity (Wildman–Crippen MR) is 80.1 cm³/mol. The molecule has 0 saturated heterocycles. The Bertz CT molecular complexity index is 396. The van der Waals surface area contributed by atoms with Crippen molar-refractivity contribution in [3.05, 3.63) is 35.6 Å². The van der Waals surface area contributed by atoms with Crippen molar-refractivity contribution in [3.63, 3.8) is 0 Å². The average Bonchev–Trinajstić information content (AvgIpc) is 2.45. The Morgan fingerprint density at radius 2 is 2.26 bits per heavy atom. The van der Waals surface area contributed by atoms with E-state index in [1.807, 2.05) is 6.07 Å². The highest BCUT2D eigenvalue weighted by Crippen LogP contribution is 2.32. The number of halogens is 2. The van der Waals surface area contributed by atoms with E-state index in [0.29, 0.717) is 11.4 Å². The van der Waals surface area contributed by atoms with Gasteiger partial charge in [0.25, 0.3) is 0 Å². The van der Waals surface area contributed by atoms with Crippen LogP contribution < -0.4 is 0 Å². The van der Waals surface area contributed by atoms with Gasteiger partial charge in [0, 0.05) is 5.33 Å². The summed E-state index contributed by atoms with van der Waals surface area (Å²) in [6.07, 6.45) is 6.38. The quantitative estimate of drug-likeness (QED) is 0.671. The summed E-state index contributed by atoms with van der Waals surface area (Å²) in [5.74, 6) is 0.601. The van der Waals surface area contributed by atoms with Gasteiger partial charge < -0.3 is 4.74 Å². The van der Waals surface area contributed by atoms with Crippen molar-refractivity contribution in [2.45, 2.75) is 51.2 Å². The molecule has 0 heterocycles. The van der Waals surface area contributed by atoms with E-state index in [1.54, 1.807) is 12.1 Å². The Morgan fingerprint density at radius 3 is 2.95 bits per heavy atom. The molecule has 2 rings (SSSR count). The molecule has 1 aliphatic carbocycles. The fourth-order valence-corrected chi connectivity index (χ4v) is 3.41. The first-order valence-electron chi connectivity index (χ1n) is 7.19. The zero-order chi connectivity index (χ0) is 13.7. The Balaban J connectivity index is 1.99. The van der Waals surface area contributed by atoms with E-state index in [4.69, 9.17) is 4.74 Å². The number of hydrogen-bond acceptors (Lipinski definition) is 1. The fraction of sp³-hybridized carbons (Fsp3) is 0.625. The zero-order valence-corrected chi connectivity index (χ0v) is 13.0. The van der Waals surface area contributed by atoms with Gasteiger partial charge in [-0.05, 0) is 36.5 Å². The molecule has 0 aromatic heterocycles. The zero-order valence-electron chi connectivity index (χ0n) is 11.4. The van der Waals surface area contributed by atoms with Crippen molar-refractivity contribution < 1.29 is 9.13 Å². The largest absolute Gasteiger partial charge is 0.369 e. The lowest BCUT2D eigenvalue weighted by atomic mass is 9.85. The third-order valence-electron chi connectivity index (χ3n) is 4.03. The molecule has 1 aromatic carbocycles. The predicted octanol–water partition coefficient (Wildman–Crippen LogP) is 5.25. The van der Waals surface area contributed by atoms with Crippen LogP contribution in [0.1, 0.15) is 50.7 Å². The van der Waals surface area contributed by atoms with Gasteiger partial charge in [0.05, 0.1) is 12.2 Å². The molecule has 0 N–H and O–H groups in total. The van der Waals surface area contributed by atoms with Crippen LogP contribution in [0.25, 0.3) is 0 Å². The molecule has 1 aliphatic rings. The summed E-state index contributed by atoms with van der Waals surface area (Å²) in [6, 6.07) is 6.74. The SMILES string of the molecule is CCC1CCCC(OC(CBr)c2cccc(F)c2)C1. The van der Waals surface area contributed by atoms with Crippen LogP contribution in [0.2, 0.25) is 0 Å². The number of benzene rings is 1. The molecule has 1 aromatic rings. The first-order valence-corrected chi connectivity index (χ1v) is 8.32. The molecule has 3 unspecified atom stereocenters. The summed E-state index contributed by atoms with van der Waals surface area (Å²) >= 11 is 3.49. The smallest absolute Gasteiger partial charge is 0.123 e. The van der Waals surface area contributed by atoms with E-state index >= 15 is 0 Å². The highest BCUT2D eigenvalue weighted by molar-refractivity contribution is 9.09. The number of rotatable bonds is 5.